The maximum absolute atomic E-state index is 12.6. The lowest BCUT2D eigenvalue weighted by atomic mass is 10.1. The van der Waals surface area contributed by atoms with Gasteiger partial charge in [0.05, 0.1) is 6.07 Å². The summed E-state index contributed by atoms with van der Waals surface area (Å²) in [4.78, 5) is 38.2. The number of carbonyl (C=O) groups excluding carboxylic acids is 3. The Labute approximate surface area is 187 Å². The number of unbranched alkanes of at least 4 members (excludes halogenated alkanes) is 2. The van der Waals surface area contributed by atoms with Gasteiger partial charge < -0.3 is 15.5 Å². The quantitative estimate of drug-likeness (QED) is 0.193. The number of rotatable bonds is 14. The number of hydrogen-bond donors (Lipinski definition) is 4. The molecule has 0 aromatic heterocycles. The van der Waals surface area contributed by atoms with E-state index in [-0.39, 0.29) is 18.2 Å². The van der Waals surface area contributed by atoms with Gasteiger partial charge in [0.25, 0.3) is 5.91 Å². The molecule has 9 nitrogen and oxygen atoms in total. The molecule has 1 aromatic carbocycles. The van der Waals surface area contributed by atoms with E-state index < -0.39 is 11.9 Å². The fourth-order valence-electron chi connectivity index (χ4n) is 2.59. The zero-order valence-electron chi connectivity index (χ0n) is 18.0. The van der Waals surface area contributed by atoms with E-state index in [4.69, 9.17) is 10.5 Å². The highest BCUT2D eigenvalue weighted by atomic mass is 32.2. The first-order chi connectivity index (χ1) is 14.9. The Morgan fingerprint density at radius 2 is 1.87 bits per heavy atom. The lowest BCUT2D eigenvalue weighted by Gasteiger charge is -2.19. The van der Waals surface area contributed by atoms with Crippen LogP contribution in [0.3, 0.4) is 0 Å². The van der Waals surface area contributed by atoms with Crippen LogP contribution in [0.15, 0.2) is 24.3 Å². The molecule has 10 heteroatoms. The van der Waals surface area contributed by atoms with Gasteiger partial charge in [-0.15, -0.1) is 0 Å². The van der Waals surface area contributed by atoms with Crippen molar-refractivity contribution < 1.29 is 19.6 Å². The molecule has 1 rings (SSSR count). The van der Waals surface area contributed by atoms with E-state index in [1.807, 2.05) is 31.1 Å². The van der Waals surface area contributed by atoms with Crippen LogP contribution in [-0.2, 0) is 9.59 Å². The van der Waals surface area contributed by atoms with E-state index in [0.717, 1.165) is 5.69 Å². The first-order valence-corrected chi connectivity index (χ1v) is 11.3. The van der Waals surface area contributed by atoms with Crippen LogP contribution < -0.4 is 21.0 Å². The van der Waals surface area contributed by atoms with Crippen LogP contribution in [0.1, 0.15) is 42.5 Å². The number of nitrogens with one attached hydrogen (secondary N) is 3. The molecular weight excluding hydrogens is 418 g/mol. The molecule has 0 unspecified atom stereocenters. The Morgan fingerprint density at radius 1 is 1.16 bits per heavy atom. The second-order valence-corrected chi connectivity index (χ2v) is 8.24. The van der Waals surface area contributed by atoms with E-state index in [0.29, 0.717) is 49.3 Å². The van der Waals surface area contributed by atoms with Gasteiger partial charge >= 0.3 is 0 Å². The topological polar surface area (TPSA) is 135 Å². The molecule has 4 N–H and O–H groups in total. The number of benzene rings is 1. The molecule has 0 bridgehead atoms. The Morgan fingerprint density at radius 3 is 2.48 bits per heavy atom. The molecule has 0 radical (unpaired) electrons. The summed E-state index contributed by atoms with van der Waals surface area (Å²) >= 11 is 1.45. The van der Waals surface area contributed by atoms with E-state index in [1.54, 1.807) is 17.6 Å². The van der Waals surface area contributed by atoms with Gasteiger partial charge in [0.2, 0.25) is 11.8 Å². The van der Waals surface area contributed by atoms with Crippen LogP contribution in [0.5, 0.6) is 0 Å². The van der Waals surface area contributed by atoms with Crippen molar-refractivity contribution in [3.8, 4) is 6.07 Å². The highest BCUT2D eigenvalue weighted by Crippen LogP contribution is 2.13. The second-order valence-electron chi connectivity index (χ2n) is 7.09. The molecule has 1 atom stereocenters. The van der Waals surface area contributed by atoms with Crippen molar-refractivity contribution in [3.05, 3.63) is 29.8 Å². The van der Waals surface area contributed by atoms with Gasteiger partial charge in [0.15, 0.2) is 0 Å². The molecule has 0 aliphatic carbocycles. The zero-order chi connectivity index (χ0) is 23.1. The maximum atomic E-state index is 12.6. The molecular formula is C21H31N5O4S. The van der Waals surface area contributed by atoms with Crippen LogP contribution >= 0.6 is 11.8 Å². The van der Waals surface area contributed by atoms with E-state index in [9.17, 15) is 14.4 Å². The Balaban J connectivity index is 2.64. The summed E-state index contributed by atoms with van der Waals surface area (Å²) in [5.41, 5.74) is 3.01. The van der Waals surface area contributed by atoms with Crippen LogP contribution in [-0.4, -0.2) is 61.1 Å². The van der Waals surface area contributed by atoms with Gasteiger partial charge in [-0.2, -0.15) is 17.0 Å². The third-order valence-corrected chi connectivity index (χ3v) is 5.53. The molecule has 0 fully saturated rings. The molecule has 31 heavy (non-hydrogen) atoms. The molecule has 0 aliphatic rings. The number of thioether (sulfide) groups is 1. The molecule has 0 saturated heterocycles. The molecule has 0 aliphatic heterocycles. The van der Waals surface area contributed by atoms with E-state index in [1.165, 1.54) is 11.8 Å². The van der Waals surface area contributed by atoms with Crippen molar-refractivity contribution in [1.29, 1.82) is 5.26 Å². The average Bonchev–Trinajstić information content (AvgIpc) is 2.77. The lowest BCUT2D eigenvalue weighted by molar-refractivity contribution is -0.129. The predicted molar refractivity (Wildman–Crippen MR) is 121 cm³/mol. The van der Waals surface area contributed by atoms with E-state index >= 15 is 0 Å². The second kappa shape index (κ2) is 15.1. The average molecular weight is 450 g/mol. The maximum Gasteiger partial charge on any atom is 0.251 e. The van der Waals surface area contributed by atoms with Gasteiger partial charge in [-0.3, -0.25) is 19.6 Å². The minimum Gasteiger partial charge on any atom is -0.378 e. The summed E-state index contributed by atoms with van der Waals surface area (Å²) in [6, 6.07) is 8.43. The zero-order valence-corrected chi connectivity index (χ0v) is 18.8. The van der Waals surface area contributed by atoms with Gasteiger partial charge in [-0.1, -0.05) is 0 Å². The monoisotopic (exact) mass is 449 g/mol. The fraction of sp³-hybridized carbons (Fsp3) is 0.524. The smallest absolute Gasteiger partial charge is 0.251 e. The molecule has 0 saturated carbocycles. The van der Waals surface area contributed by atoms with Crippen LogP contribution in [0.4, 0.5) is 5.69 Å². The van der Waals surface area contributed by atoms with Crippen LogP contribution in [0, 0.1) is 11.3 Å². The predicted octanol–water partition coefficient (Wildman–Crippen LogP) is 1.68. The molecule has 170 valence electrons. The lowest BCUT2D eigenvalue weighted by Crippen LogP contribution is -2.48. The summed E-state index contributed by atoms with van der Waals surface area (Å²) in [5.74, 6) is -0.119. The number of anilines is 1. The van der Waals surface area contributed by atoms with Crippen molar-refractivity contribution in [2.75, 3.05) is 37.0 Å². The van der Waals surface area contributed by atoms with Gasteiger partial charge in [0, 0.05) is 50.5 Å². The minimum absolute atomic E-state index is 0.184. The van der Waals surface area contributed by atoms with Gasteiger partial charge in [0.1, 0.15) is 6.04 Å². The third-order valence-electron chi connectivity index (χ3n) is 4.38. The molecule has 0 spiro atoms. The number of hydrogen-bond acceptors (Lipinski definition) is 7. The fourth-order valence-corrected chi connectivity index (χ4v) is 3.58. The van der Waals surface area contributed by atoms with Gasteiger partial charge in [-0.25, -0.2) is 5.48 Å². The highest BCUT2D eigenvalue weighted by Gasteiger charge is 2.21. The van der Waals surface area contributed by atoms with Crippen molar-refractivity contribution >= 4 is 35.2 Å². The summed E-state index contributed by atoms with van der Waals surface area (Å²) in [6.07, 6.45) is 2.56. The van der Waals surface area contributed by atoms with Crippen LogP contribution in [0.25, 0.3) is 0 Å². The third kappa shape index (κ3) is 10.7. The number of nitrogens with zero attached hydrogens (tertiary/aromatic N) is 2. The molecule has 0 heterocycles. The van der Waals surface area contributed by atoms with Crippen molar-refractivity contribution in [3.63, 3.8) is 0 Å². The normalized spacial score (nSPS) is 11.2. The summed E-state index contributed by atoms with van der Waals surface area (Å²) in [6.45, 7) is 0.436. The SMILES string of the molecule is CN(C)c1ccc(C(=O)N[C@@H](CSCCCC(=O)NO)C(=O)NCCCCC#N)cc1. The summed E-state index contributed by atoms with van der Waals surface area (Å²) < 4.78 is 0. The molecule has 1 aromatic rings. The van der Waals surface area contributed by atoms with Crippen molar-refractivity contribution in [2.45, 2.75) is 38.1 Å². The minimum atomic E-state index is -0.728. The number of carbonyl (C=O) groups is 3. The Bertz CT molecular complexity index is 749. The van der Waals surface area contributed by atoms with Crippen molar-refractivity contribution in [1.82, 2.24) is 16.1 Å². The van der Waals surface area contributed by atoms with E-state index in [2.05, 4.69) is 16.7 Å². The van der Waals surface area contributed by atoms with Crippen molar-refractivity contribution in [2.24, 2.45) is 0 Å². The molecule has 3 amide bonds. The number of hydroxylamine groups is 1. The Kier molecular flexibility index (Phi) is 12.8. The first-order valence-electron chi connectivity index (χ1n) is 10.1. The summed E-state index contributed by atoms with van der Waals surface area (Å²) in [7, 11) is 3.82. The number of amides is 3. The van der Waals surface area contributed by atoms with Gasteiger partial charge in [-0.05, 0) is 49.3 Å². The number of nitriles is 1. The Hall–Kier alpha value is -2.77. The van der Waals surface area contributed by atoms with Crippen LogP contribution in [0.2, 0.25) is 0 Å². The first kappa shape index (κ1) is 26.3. The summed E-state index contributed by atoms with van der Waals surface area (Å²) in [5, 5.41) is 22.7. The standard InChI is InChI=1S/C21H31N5O4S/c1-26(2)17-10-8-16(9-11-17)20(28)24-18(15-31-14-6-7-19(27)25-30)21(29)23-13-5-3-4-12-22/h8-11,18,30H,3-7,13-15H2,1-2H3,(H,23,29)(H,24,28)(H,25,27)/t18-/m0/s1. The largest absolute Gasteiger partial charge is 0.378 e. The highest BCUT2D eigenvalue weighted by molar-refractivity contribution is 7.99.